The van der Waals surface area contributed by atoms with Gasteiger partial charge in [0.05, 0.1) is 19.3 Å². The number of benzene rings is 2. The quantitative estimate of drug-likeness (QED) is 0.796. The van der Waals surface area contributed by atoms with E-state index < -0.39 is 0 Å². The van der Waals surface area contributed by atoms with E-state index in [1.807, 2.05) is 45.2 Å². The molecule has 0 bridgehead atoms. The van der Waals surface area contributed by atoms with Crippen molar-refractivity contribution in [2.24, 2.45) is 0 Å². The van der Waals surface area contributed by atoms with Gasteiger partial charge in [-0.1, -0.05) is 35.9 Å². The lowest BCUT2D eigenvalue weighted by Crippen LogP contribution is -2.40. The van der Waals surface area contributed by atoms with Crippen molar-refractivity contribution in [2.45, 2.75) is 26.4 Å². The van der Waals surface area contributed by atoms with E-state index in [1.54, 1.807) is 0 Å². The minimum atomic E-state index is -0.281. The number of nitrogens with zero attached hydrogens (tertiary/aromatic N) is 2. The molecule has 0 unspecified atom stereocenters. The van der Waals surface area contributed by atoms with Gasteiger partial charge in [-0.15, -0.1) is 0 Å². The van der Waals surface area contributed by atoms with Crippen molar-refractivity contribution in [2.75, 3.05) is 43.6 Å². The number of likely N-dealkylation sites (N-methyl/N-ethyl adjacent to an activating group) is 1. The highest BCUT2D eigenvalue weighted by Gasteiger charge is 2.21. The molecule has 1 aliphatic heterocycles. The number of hydrogen-bond acceptors (Lipinski definition) is 4. The van der Waals surface area contributed by atoms with Gasteiger partial charge in [0.1, 0.15) is 0 Å². The van der Waals surface area contributed by atoms with Crippen LogP contribution in [0.3, 0.4) is 0 Å². The molecule has 1 amide bonds. The third-order valence-corrected chi connectivity index (χ3v) is 5.74. The third-order valence-electron chi connectivity index (χ3n) is 5.33. The minimum absolute atomic E-state index is 0.0447. The first-order chi connectivity index (χ1) is 13.5. The highest BCUT2D eigenvalue weighted by molar-refractivity contribution is 6.31. The third kappa shape index (κ3) is 4.85. The van der Waals surface area contributed by atoms with Crippen molar-refractivity contribution in [3.8, 4) is 0 Å². The van der Waals surface area contributed by atoms with Crippen LogP contribution in [0.15, 0.2) is 42.5 Å². The highest BCUT2D eigenvalue weighted by atomic mass is 35.5. The van der Waals surface area contributed by atoms with Crippen LogP contribution in [0.2, 0.25) is 5.02 Å². The van der Waals surface area contributed by atoms with E-state index >= 15 is 0 Å². The molecule has 28 heavy (non-hydrogen) atoms. The van der Waals surface area contributed by atoms with Gasteiger partial charge >= 0.3 is 0 Å². The van der Waals surface area contributed by atoms with Gasteiger partial charge in [-0.3, -0.25) is 9.69 Å². The number of rotatable bonds is 6. The lowest BCUT2D eigenvalue weighted by atomic mass is 10.1. The molecule has 1 N–H and O–H groups in total. The van der Waals surface area contributed by atoms with Crippen molar-refractivity contribution in [3.63, 3.8) is 0 Å². The number of amides is 1. The molecule has 0 aromatic heterocycles. The van der Waals surface area contributed by atoms with E-state index in [1.165, 1.54) is 11.3 Å². The van der Waals surface area contributed by atoms with Gasteiger partial charge < -0.3 is 15.0 Å². The van der Waals surface area contributed by atoms with Crippen molar-refractivity contribution in [1.29, 1.82) is 0 Å². The predicted molar refractivity (Wildman–Crippen MR) is 115 cm³/mol. The average molecular weight is 402 g/mol. The zero-order valence-electron chi connectivity index (χ0n) is 16.7. The Bertz CT molecular complexity index is 821. The van der Waals surface area contributed by atoms with Gasteiger partial charge in [-0.05, 0) is 50.2 Å². The first kappa shape index (κ1) is 20.6. The molecule has 150 valence electrons. The van der Waals surface area contributed by atoms with Gasteiger partial charge in [0.25, 0.3) is 0 Å². The maximum atomic E-state index is 12.8. The zero-order valence-corrected chi connectivity index (χ0v) is 17.5. The summed E-state index contributed by atoms with van der Waals surface area (Å²) in [4.78, 5) is 17.2. The maximum Gasteiger partial charge on any atom is 0.241 e. The van der Waals surface area contributed by atoms with Gasteiger partial charge in [0, 0.05) is 36.0 Å². The minimum Gasteiger partial charge on any atom is -0.378 e. The fourth-order valence-electron chi connectivity index (χ4n) is 3.34. The van der Waals surface area contributed by atoms with E-state index in [-0.39, 0.29) is 11.9 Å². The number of morpholine rings is 1. The van der Waals surface area contributed by atoms with Gasteiger partial charge in [-0.2, -0.15) is 0 Å². The molecule has 1 heterocycles. The Morgan fingerprint density at radius 3 is 2.68 bits per heavy atom. The van der Waals surface area contributed by atoms with Crippen LogP contribution in [0.25, 0.3) is 0 Å². The number of carbonyl (C=O) groups is 1. The number of para-hydroxylation sites is 1. The summed E-state index contributed by atoms with van der Waals surface area (Å²) in [6.07, 6.45) is 0. The summed E-state index contributed by atoms with van der Waals surface area (Å²) >= 11 is 6.16. The summed E-state index contributed by atoms with van der Waals surface area (Å²) in [5.74, 6) is -0.0447. The molecule has 1 saturated heterocycles. The second-order valence-electron chi connectivity index (χ2n) is 7.22. The van der Waals surface area contributed by atoms with Gasteiger partial charge in [-0.25, -0.2) is 0 Å². The molecule has 1 fully saturated rings. The van der Waals surface area contributed by atoms with Crippen LogP contribution in [0.1, 0.15) is 18.1 Å². The van der Waals surface area contributed by atoms with Crippen LogP contribution in [-0.2, 0) is 16.1 Å². The highest BCUT2D eigenvalue weighted by Crippen LogP contribution is 2.25. The van der Waals surface area contributed by atoms with E-state index in [2.05, 4.69) is 33.3 Å². The summed E-state index contributed by atoms with van der Waals surface area (Å²) < 4.78 is 5.47. The van der Waals surface area contributed by atoms with Crippen LogP contribution < -0.4 is 10.2 Å². The molecule has 6 heteroatoms. The lowest BCUT2D eigenvalue weighted by molar-refractivity contribution is -0.120. The van der Waals surface area contributed by atoms with Crippen LogP contribution >= 0.6 is 11.6 Å². The second-order valence-corrected chi connectivity index (χ2v) is 7.63. The molecule has 0 radical (unpaired) electrons. The number of carbonyl (C=O) groups excluding carboxylic acids is 1. The molecule has 0 saturated carbocycles. The molecule has 5 nitrogen and oxygen atoms in total. The molecule has 0 spiro atoms. The molecule has 2 aromatic carbocycles. The number of hydrogen-bond donors (Lipinski definition) is 1. The lowest BCUT2D eigenvalue weighted by Gasteiger charge is -2.32. The number of anilines is 2. The van der Waals surface area contributed by atoms with Crippen molar-refractivity contribution in [3.05, 3.63) is 58.6 Å². The Kier molecular flexibility index (Phi) is 6.94. The summed E-state index contributed by atoms with van der Waals surface area (Å²) in [7, 11) is 1.98. The topological polar surface area (TPSA) is 44.8 Å². The Morgan fingerprint density at radius 1 is 1.21 bits per heavy atom. The first-order valence-electron chi connectivity index (χ1n) is 9.64. The fourth-order valence-corrected chi connectivity index (χ4v) is 3.52. The zero-order chi connectivity index (χ0) is 20.1. The summed E-state index contributed by atoms with van der Waals surface area (Å²) in [6.45, 7) is 7.81. The van der Waals surface area contributed by atoms with E-state index in [0.717, 1.165) is 37.6 Å². The summed E-state index contributed by atoms with van der Waals surface area (Å²) in [5, 5.41) is 3.65. The normalized spacial score (nSPS) is 15.5. The van der Waals surface area contributed by atoms with Crippen molar-refractivity contribution >= 4 is 28.9 Å². The first-order valence-corrected chi connectivity index (χ1v) is 10.0. The SMILES string of the molecule is Cc1c(Cl)cccc1NC(=O)[C@H](C)N(C)Cc1ccccc1N1CCOCC1. The molecule has 1 atom stereocenters. The Balaban J connectivity index is 1.68. The predicted octanol–water partition coefficient (Wildman–Crippen LogP) is 3.94. The number of nitrogens with one attached hydrogen (secondary N) is 1. The summed E-state index contributed by atoms with van der Waals surface area (Å²) in [5.41, 5.74) is 4.07. The van der Waals surface area contributed by atoms with E-state index in [9.17, 15) is 4.79 Å². The van der Waals surface area contributed by atoms with Gasteiger partial charge in [0.2, 0.25) is 5.91 Å². The van der Waals surface area contributed by atoms with Crippen LogP contribution in [0, 0.1) is 6.92 Å². The largest absolute Gasteiger partial charge is 0.378 e. The van der Waals surface area contributed by atoms with Gasteiger partial charge in [0.15, 0.2) is 0 Å². The number of halogens is 1. The Morgan fingerprint density at radius 2 is 1.93 bits per heavy atom. The molecular formula is C22H28ClN3O2. The van der Waals surface area contributed by atoms with E-state index in [4.69, 9.17) is 16.3 Å². The van der Waals surface area contributed by atoms with Crippen LogP contribution in [-0.4, -0.2) is 50.2 Å². The fraction of sp³-hybridized carbons (Fsp3) is 0.409. The standard InChI is InChI=1S/C22H28ClN3O2/c1-16-19(23)8-6-9-20(16)24-22(27)17(2)25(3)15-18-7-4-5-10-21(18)26-11-13-28-14-12-26/h4-10,17H,11-15H2,1-3H3,(H,24,27)/t17-/m0/s1. The van der Waals surface area contributed by atoms with E-state index in [0.29, 0.717) is 11.6 Å². The van der Waals surface area contributed by atoms with Crippen LogP contribution in [0.4, 0.5) is 11.4 Å². The average Bonchev–Trinajstić information content (AvgIpc) is 2.71. The monoisotopic (exact) mass is 401 g/mol. The summed E-state index contributed by atoms with van der Waals surface area (Å²) in [6, 6.07) is 13.7. The van der Waals surface area contributed by atoms with Crippen molar-refractivity contribution in [1.82, 2.24) is 4.90 Å². The molecule has 1 aliphatic rings. The molecule has 0 aliphatic carbocycles. The Hall–Kier alpha value is -2.08. The molecule has 3 rings (SSSR count). The van der Waals surface area contributed by atoms with Crippen molar-refractivity contribution < 1.29 is 9.53 Å². The van der Waals surface area contributed by atoms with Crippen LogP contribution in [0.5, 0.6) is 0 Å². The second kappa shape index (κ2) is 9.41. The smallest absolute Gasteiger partial charge is 0.241 e. The number of ether oxygens (including phenoxy) is 1. The molecule has 2 aromatic rings. The Labute approximate surface area is 172 Å². The molecular weight excluding hydrogens is 374 g/mol. The maximum absolute atomic E-state index is 12.8.